The molecule has 0 radical (unpaired) electrons. The standard InChI is InChI=1S/C12H23NO2/c1-2-8-13-12(15)11-5-3-10(4-6-11)7-9-14/h10-11,14H,2-9H2,1H3,(H,13,15). The molecule has 3 heteroatoms. The fraction of sp³-hybridized carbons (Fsp3) is 0.917. The number of hydrogen-bond donors (Lipinski definition) is 2. The van der Waals surface area contributed by atoms with Gasteiger partial charge in [-0.2, -0.15) is 0 Å². The largest absolute Gasteiger partial charge is 0.396 e. The fourth-order valence-electron chi connectivity index (χ4n) is 2.29. The molecule has 0 atom stereocenters. The van der Waals surface area contributed by atoms with Gasteiger partial charge < -0.3 is 10.4 Å². The lowest BCUT2D eigenvalue weighted by Gasteiger charge is -2.27. The highest BCUT2D eigenvalue weighted by Gasteiger charge is 2.25. The average Bonchev–Trinajstić information content (AvgIpc) is 2.27. The summed E-state index contributed by atoms with van der Waals surface area (Å²) >= 11 is 0. The summed E-state index contributed by atoms with van der Waals surface area (Å²) < 4.78 is 0. The highest BCUT2D eigenvalue weighted by atomic mass is 16.3. The van der Waals surface area contributed by atoms with Crippen molar-refractivity contribution in [3.8, 4) is 0 Å². The van der Waals surface area contributed by atoms with Crippen LogP contribution in [0.1, 0.15) is 45.4 Å². The monoisotopic (exact) mass is 213 g/mol. The summed E-state index contributed by atoms with van der Waals surface area (Å²) in [5.41, 5.74) is 0. The van der Waals surface area contributed by atoms with E-state index in [9.17, 15) is 4.79 Å². The topological polar surface area (TPSA) is 49.3 Å². The lowest BCUT2D eigenvalue weighted by Crippen LogP contribution is -2.33. The molecule has 0 saturated heterocycles. The lowest BCUT2D eigenvalue weighted by atomic mass is 9.80. The lowest BCUT2D eigenvalue weighted by molar-refractivity contribution is -0.126. The SMILES string of the molecule is CCCNC(=O)C1CCC(CCO)CC1. The first-order valence-corrected chi connectivity index (χ1v) is 6.16. The summed E-state index contributed by atoms with van der Waals surface area (Å²) in [4.78, 5) is 11.7. The van der Waals surface area contributed by atoms with E-state index in [-0.39, 0.29) is 18.4 Å². The van der Waals surface area contributed by atoms with E-state index in [1.807, 2.05) is 0 Å². The normalized spacial score (nSPS) is 26.3. The molecule has 1 aliphatic carbocycles. The quantitative estimate of drug-likeness (QED) is 0.730. The van der Waals surface area contributed by atoms with Gasteiger partial charge in [0, 0.05) is 19.1 Å². The predicted octanol–water partition coefficient (Wildman–Crippen LogP) is 1.70. The number of amides is 1. The molecule has 0 spiro atoms. The Morgan fingerprint density at radius 1 is 1.33 bits per heavy atom. The van der Waals surface area contributed by atoms with Crippen molar-refractivity contribution in [1.29, 1.82) is 0 Å². The molecule has 0 aromatic rings. The van der Waals surface area contributed by atoms with Crippen LogP contribution >= 0.6 is 0 Å². The highest BCUT2D eigenvalue weighted by molar-refractivity contribution is 5.78. The van der Waals surface area contributed by atoms with E-state index in [1.165, 1.54) is 0 Å². The average molecular weight is 213 g/mol. The highest BCUT2D eigenvalue weighted by Crippen LogP contribution is 2.30. The minimum atomic E-state index is 0.228. The first-order valence-electron chi connectivity index (χ1n) is 6.16. The predicted molar refractivity (Wildman–Crippen MR) is 60.5 cm³/mol. The van der Waals surface area contributed by atoms with Crippen molar-refractivity contribution in [1.82, 2.24) is 5.32 Å². The molecule has 1 saturated carbocycles. The van der Waals surface area contributed by atoms with Gasteiger partial charge in [-0.05, 0) is 44.4 Å². The van der Waals surface area contributed by atoms with Gasteiger partial charge in [0.15, 0.2) is 0 Å². The number of carbonyl (C=O) groups excluding carboxylic acids is 1. The van der Waals surface area contributed by atoms with E-state index in [1.54, 1.807) is 0 Å². The maximum atomic E-state index is 11.7. The molecule has 1 amide bonds. The molecule has 0 aliphatic heterocycles. The summed E-state index contributed by atoms with van der Waals surface area (Å²) in [5.74, 6) is 1.11. The number of aliphatic hydroxyl groups excluding tert-OH is 1. The van der Waals surface area contributed by atoms with E-state index >= 15 is 0 Å². The fourth-order valence-corrected chi connectivity index (χ4v) is 2.29. The second-order valence-corrected chi connectivity index (χ2v) is 4.52. The Labute approximate surface area is 92.3 Å². The summed E-state index contributed by atoms with van der Waals surface area (Å²) in [5, 5.41) is 11.8. The molecule has 1 rings (SSSR count). The number of carbonyl (C=O) groups is 1. The van der Waals surface area contributed by atoms with Crippen molar-refractivity contribution in [3.05, 3.63) is 0 Å². The Balaban J connectivity index is 2.21. The molecule has 1 aliphatic rings. The van der Waals surface area contributed by atoms with Crippen molar-refractivity contribution in [2.24, 2.45) is 11.8 Å². The van der Waals surface area contributed by atoms with Crippen LogP contribution in [0.4, 0.5) is 0 Å². The first kappa shape index (κ1) is 12.5. The number of rotatable bonds is 5. The molecule has 88 valence electrons. The molecule has 1 fully saturated rings. The Kier molecular flexibility index (Phi) is 5.69. The minimum Gasteiger partial charge on any atom is -0.396 e. The number of hydrogen-bond acceptors (Lipinski definition) is 2. The van der Waals surface area contributed by atoms with E-state index in [0.717, 1.165) is 45.1 Å². The smallest absolute Gasteiger partial charge is 0.223 e. The van der Waals surface area contributed by atoms with E-state index in [0.29, 0.717) is 5.92 Å². The zero-order chi connectivity index (χ0) is 11.1. The van der Waals surface area contributed by atoms with Crippen LogP contribution in [0.2, 0.25) is 0 Å². The van der Waals surface area contributed by atoms with E-state index in [2.05, 4.69) is 12.2 Å². The Bertz CT molecular complexity index is 186. The Hall–Kier alpha value is -0.570. The van der Waals surface area contributed by atoms with E-state index < -0.39 is 0 Å². The summed E-state index contributed by atoms with van der Waals surface area (Å²) in [7, 11) is 0. The van der Waals surface area contributed by atoms with Gasteiger partial charge in [0.25, 0.3) is 0 Å². The van der Waals surface area contributed by atoms with Crippen LogP contribution in [-0.4, -0.2) is 24.2 Å². The van der Waals surface area contributed by atoms with Gasteiger partial charge in [-0.25, -0.2) is 0 Å². The zero-order valence-electron chi connectivity index (χ0n) is 9.67. The molecule has 15 heavy (non-hydrogen) atoms. The molecule has 2 N–H and O–H groups in total. The third kappa shape index (κ3) is 4.20. The van der Waals surface area contributed by atoms with Crippen molar-refractivity contribution in [2.45, 2.75) is 45.4 Å². The van der Waals surface area contributed by atoms with Crippen LogP contribution < -0.4 is 5.32 Å². The van der Waals surface area contributed by atoms with Gasteiger partial charge in [-0.3, -0.25) is 4.79 Å². The molecule has 0 unspecified atom stereocenters. The summed E-state index contributed by atoms with van der Waals surface area (Å²) in [6, 6.07) is 0. The second-order valence-electron chi connectivity index (χ2n) is 4.52. The first-order chi connectivity index (χ1) is 7.27. The molecular formula is C12H23NO2. The van der Waals surface area contributed by atoms with Gasteiger partial charge >= 0.3 is 0 Å². The van der Waals surface area contributed by atoms with Crippen LogP contribution in [0.5, 0.6) is 0 Å². The molecule has 3 nitrogen and oxygen atoms in total. The third-order valence-electron chi connectivity index (χ3n) is 3.30. The van der Waals surface area contributed by atoms with Crippen LogP contribution in [0.3, 0.4) is 0 Å². The third-order valence-corrected chi connectivity index (χ3v) is 3.30. The van der Waals surface area contributed by atoms with Gasteiger partial charge in [0.05, 0.1) is 0 Å². The van der Waals surface area contributed by atoms with E-state index in [4.69, 9.17) is 5.11 Å². The second kappa shape index (κ2) is 6.83. The van der Waals surface area contributed by atoms with Crippen LogP contribution in [0.25, 0.3) is 0 Å². The molecule has 0 bridgehead atoms. The Morgan fingerprint density at radius 3 is 2.53 bits per heavy atom. The molecule has 0 heterocycles. The van der Waals surface area contributed by atoms with Crippen molar-refractivity contribution in [3.63, 3.8) is 0 Å². The summed E-state index contributed by atoms with van der Waals surface area (Å²) in [6.45, 7) is 3.16. The van der Waals surface area contributed by atoms with Crippen molar-refractivity contribution in [2.75, 3.05) is 13.2 Å². The molecule has 0 aromatic carbocycles. The summed E-state index contributed by atoms with van der Waals surface area (Å²) in [6.07, 6.45) is 6.12. The van der Waals surface area contributed by atoms with Crippen LogP contribution in [-0.2, 0) is 4.79 Å². The van der Waals surface area contributed by atoms with Gasteiger partial charge in [0.2, 0.25) is 5.91 Å². The number of nitrogens with one attached hydrogen (secondary N) is 1. The van der Waals surface area contributed by atoms with Gasteiger partial charge in [-0.1, -0.05) is 6.92 Å². The van der Waals surface area contributed by atoms with Gasteiger partial charge in [0.1, 0.15) is 0 Å². The molecule has 0 aromatic heterocycles. The Morgan fingerprint density at radius 2 is 2.00 bits per heavy atom. The maximum absolute atomic E-state index is 11.7. The van der Waals surface area contributed by atoms with Crippen LogP contribution in [0.15, 0.2) is 0 Å². The number of aliphatic hydroxyl groups is 1. The maximum Gasteiger partial charge on any atom is 0.223 e. The molecular weight excluding hydrogens is 190 g/mol. The van der Waals surface area contributed by atoms with Crippen molar-refractivity contribution >= 4 is 5.91 Å². The van der Waals surface area contributed by atoms with Crippen LogP contribution in [0, 0.1) is 11.8 Å². The van der Waals surface area contributed by atoms with Gasteiger partial charge in [-0.15, -0.1) is 0 Å². The minimum absolute atomic E-state index is 0.228. The van der Waals surface area contributed by atoms with Crippen molar-refractivity contribution < 1.29 is 9.90 Å². The zero-order valence-corrected chi connectivity index (χ0v) is 9.67.